The first-order valence-electron chi connectivity index (χ1n) is 10.9. The Bertz CT molecular complexity index is 1090. The van der Waals surface area contributed by atoms with Crippen molar-refractivity contribution in [2.45, 2.75) is 26.4 Å². The van der Waals surface area contributed by atoms with Crippen molar-refractivity contribution < 1.29 is 14.6 Å². The number of benzene rings is 3. The second-order valence-electron chi connectivity index (χ2n) is 8.47. The van der Waals surface area contributed by atoms with E-state index in [9.17, 15) is 4.79 Å². The third-order valence-electron chi connectivity index (χ3n) is 6.13. The highest BCUT2D eigenvalue weighted by Crippen LogP contribution is 2.42. The zero-order chi connectivity index (χ0) is 21.6. The minimum Gasteiger partial charge on any atom is -0.489 e. The van der Waals surface area contributed by atoms with E-state index in [0.717, 1.165) is 40.7 Å². The first-order chi connectivity index (χ1) is 15.1. The summed E-state index contributed by atoms with van der Waals surface area (Å²) >= 11 is 0. The summed E-state index contributed by atoms with van der Waals surface area (Å²) in [7, 11) is 0. The quantitative estimate of drug-likeness (QED) is 0.373. The minimum atomic E-state index is -0.957. The molecular weight excluding hydrogens is 384 g/mol. The average Bonchev–Trinajstić information content (AvgIpc) is 3.40. The van der Waals surface area contributed by atoms with Gasteiger partial charge in [0, 0.05) is 6.08 Å². The van der Waals surface area contributed by atoms with Gasteiger partial charge in [0.25, 0.3) is 0 Å². The van der Waals surface area contributed by atoms with Gasteiger partial charge >= 0.3 is 5.97 Å². The molecule has 1 saturated carbocycles. The highest BCUT2D eigenvalue weighted by atomic mass is 16.5. The number of rotatable bonds is 5. The second-order valence-corrected chi connectivity index (χ2v) is 8.47. The number of carboxylic acid groups (broad SMARTS) is 1. The third-order valence-corrected chi connectivity index (χ3v) is 6.13. The van der Waals surface area contributed by atoms with E-state index in [1.807, 2.05) is 36.4 Å². The van der Waals surface area contributed by atoms with E-state index in [4.69, 9.17) is 9.84 Å². The fraction of sp³-hybridized carbons (Fsp3) is 0.250. The van der Waals surface area contributed by atoms with Crippen LogP contribution in [0.4, 0.5) is 0 Å². The van der Waals surface area contributed by atoms with Gasteiger partial charge in [0.15, 0.2) is 0 Å². The van der Waals surface area contributed by atoms with E-state index >= 15 is 0 Å². The van der Waals surface area contributed by atoms with Crippen molar-refractivity contribution in [2.75, 3.05) is 0 Å². The average molecular weight is 413 g/mol. The molecule has 0 heterocycles. The molecule has 0 spiro atoms. The predicted octanol–water partition coefficient (Wildman–Crippen LogP) is 6.74. The minimum absolute atomic E-state index is 0.495. The molecule has 3 aromatic carbocycles. The van der Waals surface area contributed by atoms with Crippen LogP contribution in [-0.2, 0) is 11.4 Å². The van der Waals surface area contributed by atoms with Crippen LogP contribution in [0.5, 0.6) is 5.75 Å². The molecule has 5 rings (SSSR count). The van der Waals surface area contributed by atoms with Crippen molar-refractivity contribution in [3.05, 3.63) is 96.1 Å². The lowest BCUT2D eigenvalue weighted by Gasteiger charge is -2.09. The van der Waals surface area contributed by atoms with E-state index in [0.29, 0.717) is 6.61 Å². The second kappa shape index (κ2) is 9.65. The van der Waals surface area contributed by atoms with Gasteiger partial charge in [-0.2, -0.15) is 0 Å². The van der Waals surface area contributed by atoms with Crippen LogP contribution in [0.1, 0.15) is 30.9 Å². The van der Waals surface area contributed by atoms with Crippen LogP contribution in [0.3, 0.4) is 0 Å². The summed E-state index contributed by atoms with van der Waals surface area (Å²) in [6.07, 6.45) is 10.4. The summed E-state index contributed by atoms with van der Waals surface area (Å²) < 4.78 is 5.78. The van der Waals surface area contributed by atoms with E-state index in [1.54, 1.807) is 6.08 Å². The normalized spacial score (nSPS) is 21.3. The SMILES string of the molecule is CC1CC2C=CC1C2.O=C(O)C=Cc1ccc(OCc2ccc3ccccc3c2)cc1. The maximum atomic E-state index is 10.5. The predicted molar refractivity (Wildman–Crippen MR) is 126 cm³/mol. The number of hydrogen-bond donors (Lipinski definition) is 1. The summed E-state index contributed by atoms with van der Waals surface area (Å²) in [6.45, 7) is 2.86. The van der Waals surface area contributed by atoms with Gasteiger partial charge in [-0.05, 0) is 76.8 Å². The Hall–Kier alpha value is -3.33. The molecule has 2 aliphatic rings. The summed E-state index contributed by atoms with van der Waals surface area (Å²) in [5.41, 5.74) is 1.93. The van der Waals surface area contributed by atoms with E-state index in [1.165, 1.54) is 23.6 Å². The first-order valence-corrected chi connectivity index (χ1v) is 10.9. The van der Waals surface area contributed by atoms with Crippen molar-refractivity contribution in [3.63, 3.8) is 0 Å². The summed E-state index contributed by atoms with van der Waals surface area (Å²) in [4.78, 5) is 10.5. The summed E-state index contributed by atoms with van der Waals surface area (Å²) in [6, 6.07) is 21.8. The molecule has 3 nitrogen and oxygen atoms in total. The molecule has 0 radical (unpaired) electrons. The molecule has 3 atom stereocenters. The van der Waals surface area contributed by atoms with Gasteiger partial charge < -0.3 is 9.84 Å². The van der Waals surface area contributed by atoms with Crippen LogP contribution >= 0.6 is 0 Å². The monoisotopic (exact) mass is 412 g/mol. The number of ether oxygens (including phenoxy) is 1. The van der Waals surface area contributed by atoms with Crippen LogP contribution in [0, 0.1) is 17.8 Å². The molecule has 1 fully saturated rings. The maximum absolute atomic E-state index is 10.5. The van der Waals surface area contributed by atoms with Gasteiger partial charge in [-0.3, -0.25) is 0 Å². The maximum Gasteiger partial charge on any atom is 0.328 e. The highest BCUT2D eigenvalue weighted by Gasteiger charge is 2.32. The van der Waals surface area contributed by atoms with Gasteiger partial charge in [-0.1, -0.05) is 67.6 Å². The molecule has 1 N–H and O–H groups in total. The molecule has 158 valence electrons. The Morgan fingerprint density at radius 2 is 1.77 bits per heavy atom. The first kappa shape index (κ1) is 20.9. The van der Waals surface area contributed by atoms with Crippen LogP contribution in [0.2, 0.25) is 0 Å². The molecule has 3 aromatic rings. The van der Waals surface area contributed by atoms with Gasteiger partial charge in [-0.15, -0.1) is 0 Å². The van der Waals surface area contributed by atoms with Gasteiger partial charge in [0.1, 0.15) is 12.4 Å². The number of fused-ring (bicyclic) bond motifs is 3. The van der Waals surface area contributed by atoms with Crippen molar-refractivity contribution in [1.29, 1.82) is 0 Å². The Balaban J connectivity index is 0.000000239. The standard InChI is InChI=1S/C20H16O3.C8H12/c21-20(22)12-8-15-6-10-19(11-7-15)23-14-16-5-9-17-3-1-2-4-18(17)13-16;1-6-4-7-2-3-8(6)5-7/h1-13H,14H2,(H,21,22);2-3,6-8H,4-5H2,1H3. The fourth-order valence-electron chi connectivity index (χ4n) is 4.39. The molecular formula is C28H28O3. The van der Waals surface area contributed by atoms with E-state index < -0.39 is 5.97 Å². The van der Waals surface area contributed by atoms with Crippen LogP contribution in [-0.4, -0.2) is 11.1 Å². The number of allylic oxidation sites excluding steroid dienone is 2. The molecule has 0 saturated heterocycles. The lowest BCUT2D eigenvalue weighted by atomic mass is 9.96. The molecule has 3 heteroatoms. The Morgan fingerprint density at radius 1 is 1.00 bits per heavy atom. The molecule has 2 bridgehead atoms. The smallest absolute Gasteiger partial charge is 0.328 e. The van der Waals surface area contributed by atoms with Crippen LogP contribution in [0.15, 0.2) is 85.0 Å². The molecule has 0 aliphatic heterocycles. The Morgan fingerprint density at radius 3 is 2.39 bits per heavy atom. The van der Waals surface area contributed by atoms with Crippen LogP contribution < -0.4 is 4.74 Å². The third kappa shape index (κ3) is 5.64. The van der Waals surface area contributed by atoms with Gasteiger partial charge in [0.05, 0.1) is 0 Å². The summed E-state index contributed by atoms with van der Waals surface area (Å²) in [5.74, 6) is 2.72. The fourth-order valence-corrected chi connectivity index (χ4v) is 4.39. The van der Waals surface area contributed by atoms with E-state index in [-0.39, 0.29) is 0 Å². The van der Waals surface area contributed by atoms with Crippen molar-refractivity contribution >= 4 is 22.8 Å². The number of hydrogen-bond acceptors (Lipinski definition) is 2. The van der Waals surface area contributed by atoms with Crippen molar-refractivity contribution in [3.8, 4) is 5.75 Å². The molecule has 0 aromatic heterocycles. The molecule has 2 aliphatic carbocycles. The lowest BCUT2D eigenvalue weighted by Crippen LogP contribution is -1.99. The molecule has 31 heavy (non-hydrogen) atoms. The van der Waals surface area contributed by atoms with Gasteiger partial charge in [-0.25, -0.2) is 4.79 Å². The number of aliphatic carboxylic acids is 1. The van der Waals surface area contributed by atoms with Gasteiger partial charge in [0.2, 0.25) is 0 Å². The molecule has 0 amide bonds. The zero-order valence-corrected chi connectivity index (χ0v) is 17.8. The van der Waals surface area contributed by atoms with Crippen LogP contribution in [0.25, 0.3) is 16.8 Å². The lowest BCUT2D eigenvalue weighted by molar-refractivity contribution is -0.131. The Kier molecular flexibility index (Phi) is 6.51. The Labute approximate surface area is 183 Å². The summed E-state index contributed by atoms with van der Waals surface area (Å²) in [5, 5.41) is 11.0. The van der Waals surface area contributed by atoms with Crippen molar-refractivity contribution in [1.82, 2.24) is 0 Å². The largest absolute Gasteiger partial charge is 0.489 e. The topological polar surface area (TPSA) is 46.5 Å². The number of carboxylic acids is 1. The number of carbonyl (C=O) groups is 1. The highest BCUT2D eigenvalue weighted by molar-refractivity contribution is 5.85. The van der Waals surface area contributed by atoms with Crippen molar-refractivity contribution in [2.24, 2.45) is 17.8 Å². The van der Waals surface area contributed by atoms with E-state index in [2.05, 4.69) is 49.4 Å². The molecule has 3 unspecified atom stereocenters. The zero-order valence-electron chi connectivity index (χ0n) is 17.8.